The molecule has 1 aliphatic heterocycles. The van der Waals surface area contributed by atoms with Crippen LogP contribution >= 0.6 is 0 Å². The van der Waals surface area contributed by atoms with Crippen LogP contribution in [0.5, 0.6) is 5.75 Å². The van der Waals surface area contributed by atoms with Gasteiger partial charge in [-0.2, -0.15) is 5.10 Å². The van der Waals surface area contributed by atoms with Crippen LogP contribution in [0, 0.1) is 20.8 Å². The zero-order chi connectivity index (χ0) is 16.8. The highest BCUT2D eigenvalue weighted by Gasteiger charge is 2.27. The zero-order valence-corrected chi connectivity index (χ0v) is 14.4. The van der Waals surface area contributed by atoms with Gasteiger partial charge in [-0.25, -0.2) is 4.68 Å². The van der Waals surface area contributed by atoms with E-state index in [0.717, 1.165) is 22.7 Å². The Morgan fingerprint density at radius 3 is 2.50 bits per heavy atom. The number of hydrogen-bond acceptors (Lipinski definition) is 3. The first-order valence-corrected chi connectivity index (χ1v) is 8.15. The lowest BCUT2D eigenvalue weighted by Gasteiger charge is -2.30. The molecule has 3 aromatic rings. The first-order chi connectivity index (χ1) is 11.6. The van der Waals surface area contributed by atoms with Crippen LogP contribution in [0.4, 0.5) is 5.69 Å². The van der Waals surface area contributed by atoms with E-state index in [-0.39, 0.29) is 6.17 Å². The second kappa shape index (κ2) is 5.41. The SMILES string of the molecule is COc1ccc([C@@H]2Nc3c(C)cc(C)cc3-c3cc(C)nn32)cc1. The minimum atomic E-state index is -0.0199. The van der Waals surface area contributed by atoms with Crippen molar-refractivity contribution < 1.29 is 4.74 Å². The summed E-state index contributed by atoms with van der Waals surface area (Å²) in [5.41, 5.74) is 8.28. The fourth-order valence-electron chi connectivity index (χ4n) is 3.48. The minimum absolute atomic E-state index is 0.0199. The highest BCUT2D eigenvalue weighted by atomic mass is 16.5. The Kier molecular flexibility index (Phi) is 3.34. The van der Waals surface area contributed by atoms with Gasteiger partial charge in [-0.15, -0.1) is 0 Å². The van der Waals surface area contributed by atoms with E-state index >= 15 is 0 Å². The molecule has 0 amide bonds. The van der Waals surface area contributed by atoms with E-state index in [1.54, 1.807) is 7.11 Å². The number of fused-ring (bicyclic) bond motifs is 3. The number of ether oxygens (including phenoxy) is 1. The fraction of sp³-hybridized carbons (Fsp3) is 0.250. The average molecular weight is 319 g/mol. The minimum Gasteiger partial charge on any atom is -0.497 e. The molecule has 0 aliphatic carbocycles. The molecule has 0 bridgehead atoms. The quantitative estimate of drug-likeness (QED) is 0.758. The number of hydrogen-bond donors (Lipinski definition) is 1. The molecule has 24 heavy (non-hydrogen) atoms. The van der Waals surface area contributed by atoms with E-state index in [1.165, 1.54) is 22.4 Å². The molecule has 1 atom stereocenters. The van der Waals surface area contributed by atoms with E-state index in [1.807, 2.05) is 19.1 Å². The lowest BCUT2D eigenvalue weighted by atomic mass is 9.98. The number of methoxy groups -OCH3 is 1. The largest absolute Gasteiger partial charge is 0.497 e. The molecule has 0 unspecified atom stereocenters. The summed E-state index contributed by atoms with van der Waals surface area (Å²) in [5, 5.41) is 8.41. The van der Waals surface area contributed by atoms with Crippen LogP contribution in [0.25, 0.3) is 11.3 Å². The maximum atomic E-state index is 5.28. The maximum absolute atomic E-state index is 5.28. The molecule has 0 saturated carbocycles. The molecule has 1 aromatic heterocycles. The van der Waals surface area contributed by atoms with Gasteiger partial charge in [0.1, 0.15) is 11.9 Å². The average Bonchev–Trinajstić information content (AvgIpc) is 2.96. The van der Waals surface area contributed by atoms with E-state index in [4.69, 9.17) is 9.84 Å². The zero-order valence-electron chi connectivity index (χ0n) is 14.4. The molecule has 4 heteroatoms. The first kappa shape index (κ1) is 14.8. The van der Waals surface area contributed by atoms with Gasteiger partial charge in [-0.3, -0.25) is 0 Å². The molecule has 4 nitrogen and oxygen atoms in total. The van der Waals surface area contributed by atoms with Crippen molar-refractivity contribution in [2.45, 2.75) is 26.9 Å². The van der Waals surface area contributed by atoms with Crippen LogP contribution in [0.1, 0.15) is 28.6 Å². The van der Waals surface area contributed by atoms with Crippen LogP contribution in [0.2, 0.25) is 0 Å². The van der Waals surface area contributed by atoms with E-state index in [0.29, 0.717) is 0 Å². The number of nitrogens with one attached hydrogen (secondary N) is 1. The third-order valence-corrected chi connectivity index (χ3v) is 4.57. The molecule has 0 fully saturated rings. The van der Waals surface area contributed by atoms with Crippen molar-refractivity contribution in [3.63, 3.8) is 0 Å². The Labute approximate surface area is 142 Å². The van der Waals surface area contributed by atoms with Crippen molar-refractivity contribution in [2.75, 3.05) is 12.4 Å². The van der Waals surface area contributed by atoms with Gasteiger partial charge in [0.15, 0.2) is 0 Å². The van der Waals surface area contributed by atoms with Crippen LogP contribution in [0.3, 0.4) is 0 Å². The fourth-order valence-corrected chi connectivity index (χ4v) is 3.48. The Hall–Kier alpha value is -2.75. The van der Waals surface area contributed by atoms with Crippen LogP contribution in [-0.4, -0.2) is 16.9 Å². The molecular weight excluding hydrogens is 298 g/mol. The summed E-state index contributed by atoms with van der Waals surface area (Å²) in [4.78, 5) is 0. The molecule has 1 N–H and O–H groups in total. The Morgan fingerprint density at radius 1 is 1.04 bits per heavy atom. The van der Waals surface area contributed by atoms with Gasteiger partial charge in [0.2, 0.25) is 0 Å². The third kappa shape index (κ3) is 2.26. The normalized spacial score (nSPS) is 15.4. The van der Waals surface area contributed by atoms with E-state index in [2.05, 4.69) is 54.2 Å². The van der Waals surface area contributed by atoms with E-state index in [9.17, 15) is 0 Å². The van der Waals surface area contributed by atoms with Crippen molar-refractivity contribution >= 4 is 5.69 Å². The van der Waals surface area contributed by atoms with Crippen LogP contribution in [-0.2, 0) is 0 Å². The summed E-state index contributed by atoms with van der Waals surface area (Å²) >= 11 is 0. The Balaban J connectivity index is 1.88. The number of aryl methyl sites for hydroxylation is 3. The number of benzene rings is 2. The standard InChI is InChI=1S/C20H21N3O/c1-12-9-13(2)19-17(10-12)18-11-14(3)22-23(18)20(21-19)15-5-7-16(24-4)8-6-15/h5-11,20-21H,1-4H3/t20-/m1/s1. The second-order valence-electron chi connectivity index (χ2n) is 6.44. The topological polar surface area (TPSA) is 39.1 Å². The van der Waals surface area contributed by atoms with Crippen molar-refractivity contribution in [3.05, 3.63) is 64.8 Å². The monoisotopic (exact) mass is 319 g/mol. The van der Waals surface area contributed by atoms with Crippen molar-refractivity contribution in [1.82, 2.24) is 9.78 Å². The van der Waals surface area contributed by atoms with Gasteiger partial charge in [0.25, 0.3) is 0 Å². The highest BCUT2D eigenvalue weighted by molar-refractivity contribution is 5.81. The summed E-state index contributed by atoms with van der Waals surface area (Å²) in [5.74, 6) is 0.860. The van der Waals surface area contributed by atoms with Gasteiger partial charge in [0.05, 0.1) is 18.5 Å². The van der Waals surface area contributed by atoms with Gasteiger partial charge >= 0.3 is 0 Å². The molecular formula is C20H21N3O. The summed E-state index contributed by atoms with van der Waals surface area (Å²) in [6.45, 7) is 6.33. The van der Waals surface area contributed by atoms with Gasteiger partial charge in [-0.05, 0) is 56.2 Å². The predicted octanol–water partition coefficient (Wildman–Crippen LogP) is 4.46. The third-order valence-electron chi connectivity index (χ3n) is 4.57. The smallest absolute Gasteiger partial charge is 0.147 e. The predicted molar refractivity (Wildman–Crippen MR) is 96.6 cm³/mol. The highest BCUT2D eigenvalue weighted by Crippen LogP contribution is 2.41. The van der Waals surface area contributed by atoms with Crippen molar-refractivity contribution in [3.8, 4) is 17.0 Å². The number of rotatable bonds is 2. The Bertz CT molecular complexity index is 909. The molecule has 1 aliphatic rings. The number of anilines is 1. The van der Waals surface area contributed by atoms with E-state index < -0.39 is 0 Å². The molecule has 2 aromatic carbocycles. The lowest BCUT2D eigenvalue weighted by Crippen LogP contribution is -2.26. The summed E-state index contributed by atoms with van der Waals surface area (Å²) in [6.07, 6.45) is -0.0199. The number of aromatic nitrogens is 2. The molecule has 4 rings (SSSR count). The maximum Gasteiger partial charge on any atom is 0.147 e. The molecule has 0 radical (unpaired) electrons. The van der Waals surface area contributed by atoms with Crippen LogP contribution in [0.15, 0.2) is 42.5 Å². The van der Waals surface area contributed by atoms with Gasteiger partial charge < -0.3 is 10.1 Å². The summed E-state index contributed by atoms with van der Waals surface area (Å²) < 4.78 is 7.36. The molecule has 0 spiro atoms. The first-order valence-electron chi connectivity index (χ1n) is 8.15. The second-order valence-corrected chi connectivity index (χ2v) is 6.44. The van der Waals surface area contributed by atoms with Crippen molar-refractivity contribution in [2.24, 2.45) is 0 Å². The summed E-state index contributed by atoms with van der Waals surface area (Å²) in [7, 11) is 1.69. The van der Waals surface area contributed by atoms with Crippen molar-refractivity contribution in [1.29, 1.82) is 0 Å². The summed E-state index contributed by atoms with van der Waals surface area (Å²) in [6, 6.07) is 14.8. The van der Waals surface area contributed by atoms with Gasteiger partial charge in [-0.1, -0.05) is 23.8 Å². The number of nitrogens with zero attached hydrogens (tertiary/aromatic N) is 2. The van der Waals surface area contributed by atoms with Gasteiger partial charge in [0, 0.05) is 11.3 Å². The molecule has 122 valence electrons. The molecule has 0 saturated heterocycles. The Morgan fingerprint density at radius 2 is 1.79 bits per heavy atom. The molecule has 2 heterocycles. The van der Waals surface area contributed by atoms with Crippen LogP contribution < -0.4 is 10.1 Å². The lowest BCUT2D eigenvalue weighted by molar-refractivity contribution is 0.414.